The molecule has 0 amide bonds. The summed E-state index contributed by atoms with van der Waals surface area (Å²) in [6.45, 7) is 3.61. The quantitative estimate of drug-likeness (QED) is 0.703. The molecule has 2 aliphatic carbocycles. The van der Waals surface area contributed by atoms with E-state index in [0.29, 0.717) is 11.7 Å². The normalized spacial score (nSPS) is 24.3. The van der Waals surface area contributed by atoms with Crippen LogP contribution in [0.3, 0.4) is 0 Å². The highest BCUT2D eigenvalue weighted by atomic mass is 32.2. The second-order valence-electron chi connectivity index (χ2n) is 8.57. The first-order chi connectivity index (χ1) is 12.0. The van der Waals surface area contributed by atoms with Crippen molar-refractivity contribution in [1.29, 1.82) is 0 Å². The van der Waals surface area contributed by atoms with Crippen LogP contribution in [0.2, 0.25) is 0 Å². The molecule has 2 nitrogen and oxygen atoms in total. The van der Waals surface area contributed by atoms with Crippen molar-refractivity contribution in [3.8, 4) is 0 Å². The molecule has 2 aliphatic rings. The lowest BCUT2D eigenvalue weighted by Gasteiger charge is -2.29. The summed E-state index contributed by atoms with van der Waals surface area (Å²) in [4.78, 5) is 0. The standard InChI is InChI=1S/C22H34O2S/c1-17(2)25(23,24)16-19-12-10-18(11-13-19)14-15-21-8-5-7-20-6-3-4-9-22(20)21/h5,7-8,17-19H,3-4,6,9-16H2,1-2H3. The van der Waals surface area contributed by atoms with Crippen LogP contribution < -0.4 is 0 Å². The first-order valence-electron chi connectivity index (χ1n) is 10.3. The molecule has 1 aromatic carbocycles. The fourth-order valence-corrected chi connectivity index (χ4v) is 6.04. The van der Waals surface area contributed by atoms with Crippen LogP contribution in [0.4, 0.5) is 0 Å². The lowest BCUT2D eigenvalue weighted by molar-refractivity contribution is 0.278. The van der Waals surface area contributed by atoms with Crippen molar-refractivity contribution in [2.45, 2.75) is 83.3 Å². The van der Waals surface area contributed by atoms with Crippen molar-refractivity contribution >= 4 is 9.84 Å². The van der Waals surface area contributed by atoms with Crippen LogP contribution in [-0.2, 0) is 29.1 Å². The number of hydrogen-bond acceptors (Lipinski definition) is 2. The fourth-order valence-electron chi connectivity index (χ4n) is 4.66. The Morgan fingerprint density at radius 2 is 1.68 bits per heavy atom. The van der Waals surface area contributed by atoms with Gasteiger partial charge in [0, 0.05) is 0 Å². The highest BCUT2D eigenvalue weighted by Gasteiger charge is 2.27. The molecule has 3 rings (SSSR count). The Morgan fingerprint density at radius 1 is 1.00 bits per heavy atom. The summed E-state index contributed by atoms with van der Waals surface area (Å²) in [6, 6.07) is 6.90. The van der Waals surface area contributed by atoms with Crippen molar-refractivity contribution in [3.63, 3.8) is 0 Å². The van der Waals surface area contributed by atoms with Gasteiger partial charge in [0.15, 0.2) is 9.84 Å². The Hall–Kier alpha value is -0.830. The highest BCUT2D eigenvalue weighted by molar-refractivity contribution is 7.91. The summed E-state index contributed by atoms with van der Waals surface area (Å²) in [7, 11) is -2.88. The third-order valence-corrected chi connectivity index (χ3v) is 8.84. The number of hydrogen-bond donors (Lipinski definition) is 0. The molecule has 1 fully saturated rings. The van der Waals surface area contributed by atoms with Crippen LogP contribution in [0.15, 0.2) is 18.2 Å². The molecule has 1 aromatic rings. The van der Waals surface area contributed by atoms with Crippen molar-refractivity contribution in [1.82, 2.24) is 0 Å². The minimum atomic E-state index is -2.88. The highest BCUT2D eigenvalue weighted by Crippen LogP contribution is 2.34. The number of rotatable bonds is 6. The predicted molar refractivity (Wildman–Crippen MR) is 106 cm³/mol. The summed E-state index contributed by atoms with van der Waals surface area (Å²) in [5, 5.41) is -0.227. The molecule has 0 atom stereocenters. The molecule has 140 valence electrons. The Labute approximate surface area is 154 Å². The zero-order chi connectivity index (χ0) is 17.9. The van der Waals surface area contributed by atoms with Gasteiger partial charge in [0.2, 0.25) is 0 Å². The molecule has 0 aromatic heterocycles. The van der Waals surface area contributed by atoms with Crippen LogP contribution >= 0.6 is 0 Å². The summed E-state index contributed by atoms with van der Waals surface area (Å²) in [6.07, 6.45) is 12.3. The van der Waals surface area contributed by atoms with Gasteiger partial charge >= 0.3 is 0 Å². The van der Waals surface area contributed by atoms with E-state index in [1.165, 1.54) is 51.4 Å². The van der Waals surface area contributed by atoms with E-state index in [-0.39, 0.29) is 5.25 Å². The maximum Gasteiger partial charge on any atom is 0.152 e. The number of benzene rings is 1. The summed E-state index contributed by atoms with van der Waals surface area (Å²) >= 11 is 0. The van der Waals surface area contributed by atoms with Gasteiger partial charge in [-0.3, -0.25) is 0 Å². The van der Waals surface area contributed by atoms with Crippen LogP contribution in [0.5, 0.6) is 0 Å². The molecule has 1 saturated carbocycles. The molecular formula is C22H34O2S. The number of fused-ring (bicyclic) bond motifs is 1. The van der Waals surface area contributed by atoms with E-state index < -0.39 is 9.84 Å². The zero-order valence-corrected chi connectivity index (χ0v) is 16.8. The summed E-state index contributed by atoms with van der Waals surface area (Å²) in [5.74, 6) is 1.59. The van der Waals surface area contributed by atoms with Gasteiger partial charge in [-0.25, -0.2) is 8.42 Å². The average Bonchev–Trinajstić information content (AvgIpc) is 2.60. The first-order valence-corrected chi connectivity index (χ1v) is 12.0. The van der Waals surface area contributed by atoms with Gasteiger partial charge < -0.3 is 0 Å². The van der Waals surface area contributed by atoms with Gasteiger partial charge in [-0.15, -0.1) is 0 Å². The molecule has 25 heavy (non-hydrogen) atoms. The van der Waals surface area contributed by atoms with Crippen LogP contribution in [-0.4, -0.2) is 19.4 Å². The van der Waals surface area contributed by atoms with E-state index in [9.17, 15) is 8.42 Å². The van der Waals surface area contributed by atoms with E-state index in [4.69, 9.17) is 0 Å². The van der Waals surface area contributed by atoms with Crippen molar-refractivity contribution in [2.24, 2.45) is 11.8 Å². The van der Waals surface area contributed by atoms with E-state index in [1.54, 1.807) is 16.7 Å². The van der Waals surface area contributed by atoms with Gasteiger partial charge in [0.1, 0.15) is 0 Å². The monoisotopic (exact) mass is 362 g/mol. The average molecular weight is 363 g/mol. The van der Waals surface area contributed by atoms with Crippen molar-refractivity contribution in [3.05, 3.63) is 34.9 Å². The zero-order valence-electron chi connectivity index (χ0n) is 16.0. The van der Waals surface area contributed by atoms with Gasteiger partial charge in [-0.05, 0) is 93.7 Å². The maximum absolute atomic E-state index is 12.1. The van der Waals surface area contributed by atoms with Crippen LogP contribution in [0.25, 0.3) is 0 Å². The minimum absolute atomic E-state index is 0.227. The smallest absolute Gasteiger partial charge is 0.152 e. The molecule has 3 heteroatoms. The molecule has 0 aliphatic heterocycles. The summed E-state index contributed by atoms with van der Waals surface area (Å²) in [5.41, 5.74) is 4.82. The van der Waals surface area contributed by atoms with Crippen LogP contribution in [0.1, 0.15) is 75.5 Å². The Bertz CT molecular complexity index is 667. The first kappa shape index (κ1) is 18.9. The Kier molecular flexibility index (Phi) is 6.25. The maximum atomic E-state index is 12.1. The second kappa shape index (κ2) is 8.24. The molecular weight excluding hydrogens is 328 g/mol. The summed E-state index contributed by atoms with van der Waals surface area (Å²) < 4.78 is 24.3. The van der Waals surface area contributed by atoms with Gasteiger partial charge in [-0.2, -0.15) is 0 Å². The molecule has 0 radical (unpaired) electrons. The topological polar surface area (TPSA) is 34.1 Å². The van der Waals surface area contributed by atoms with E-state index in [0.717, 1.165) is 18.8 Å². The Balaban J connectivity index is 1.49. The Morgan fingerprint density at radius 3 is 2.40 bits per heavy atom. The van der Waals surface area contributed by atoms with E-state index in [1.807, 2.05) is 13.8 Å². The fraction of sp³-hybridized carbons (Fsp3) is 0.727. The molecule has 0 spiro atoms. The van der Waals surface area contributed by atoms with Gasteiger partial charge in [0.25, 0.3) is 0 Å². The molecule has 0 bridgehead atoms. The lowest BCUT2D eigenvalue weighted by atomic mass is 9.79. The van der Waals surface area contributed by atoms with E-state index in [2.05, 4.69) is 18.2 Å². The third-order valence-electron chi connectivity index (χ3n) is 6.47. The number of aryl methyl sites for hydroxylation is 2. The van der Waals surface area contributed by atoms with Crippen molar-refractivity contribution in [2.75, 3.05) is 5.75 Å². The minimum Gasteiger partial charge on any atom is -0.229 e. The predicted octanol–water partition coefficient (Wildman–Crippen LogP) is 5.13. The largest absolute Gasteiger partial charge is 0.229 e. The van der Waals surface area contributed by atoms with Crippen LogP contribution in [0, 0.1) is 11.8 Å². The molecule has 0 unspecified atom stereocenters. The van der Waals surface area contributed by atoms with E-state index >= 15 is 0 Å². The molecule has 0 saturated heterocycles. The lowest BCUT2D eigenvalue weighted by Crippen LogP contribution is -2.26. The molecule has 0 N–H and O–H groups in total. The third kappa shape index (κ3) is 4.87. The van der Waals surface area contributed by atoms with Gasteiger partial charge in [0.05, 0.1) is 11.0 Å². The second-order valence-corrected chi connectivity index (χ2v) is 11.2. The molecule has 0 heterocycles. The van der Waals surface area contributed by atoms with Gasteiger partial charge in [-0.1, -0.05) is 31.0 Å². The number of sulfone groups is 1. The van der Waals surface area contributed by atoms with Crippen molar-refractivity contribution < 1.29 is 8.42 Å². The SMILES string of the molecule is CC(C)S(=O)(=O)CC1CCC(CCc2cccc3c2CCCC3)CC1.